The number of urea groups is 1. The average molecular weight is 395 g/mol. The number of benzene rings is 2. The monoisotopic (exact) mass is 395 g/mol. The van der Waals surface area contributed by atoms with Crippen molar-refractivity contribution in [1.29, 1.82) is 0 Å². The predicted octanol–water partition coefficient (Wildman–Crippen LogP) is 5.22. The van der Waals surface area contributed by atoms with Crippen LogP contribution in [0.1, 0.15) is 0 Å². The molecule has 0 radical (unpaired) electrons. The fraction of sp³-hybridized carbons (Fsp3) is 0.100. The molecule has 8 heteroatoms. The summed E-state index contributed by atoms with van der Waals surface area (Å²) in [6.07, 6.45) is 0. The number of carbonyl (C=O) groups excluding carboxylic acids is 1. The van der Waals surface area contributed by atoms with Crippen molar-refractivity contribution >= 4 is 39.2 Å². The molecule has 7 nitrogen and oxygen atoms in total. The van der Waals surface area contributed by atoms with E-state index in [9.17, 15) is 4.79 Å². The van der Waals surface area contributed by atoms with E-state index >= 15 is 0 Å². The van der Waals surface area contributed by atoms with Crippen molar-refractivity contribution in [3.8, 4) is 23.0 Å². The van der Waals surface area contributed by atoms with E-state index in [-0.39, 0.29) is 6.03 Å². The second-order valence-electron chi connectivity index (χ2n) is 5.83. The number of amides is 2. The van der Waals surface area contributed by atoms with Crippen molar-refractivity contribution in [3.05, 3.63) is 53.9 Å². The van der Waals surface area contributed by atoms with Crippen LogP contribution < -0.4 is 20.1 Å². The highest BCUT2D eigenvalue weighted by Crippen LogP contribution is 2.34. The summed E-state index contributed by atoms with van der Waals surface area (Å²) in [6, 6.07) is 14.3. The highest BCUT2D eigenvalue weighted by molar-refractivity contribution is 7.14. The molecule has 0 unspecified atom stereocenters. The number of methoxy groups -OCH3 is 2. The molecule has 2 aromatic heterocycles. The van der Waals surface area contributed by atoms with Gasteiger partial charge in [0, 0.05) is 16.5 Å². The lowest BCUT2D eigenvalue weighted by Gasteiger charge is -2.06. The number of hydrogen-bond donors (Lipinski definition) is 2. The Morgan fingerprint density at radius 2 is 1.89 bits per heavy atom. The highest BCUT2D eigenvalue weighted by atomic mass is 32.1. The fourth-order valence-corrected chi connectivity index (χ4v) is 3.40. The molecule has 2 heterocycles. The van der Waals surface area contributed by atoms with Crippen LogP contribution in [0.25, 0.3) is 22.4 Å². The Bertz CT molecular complexity index is 1120. The fourth-order valence-electron chi connectivity index (χ4n) is 2.70. The number of anilines is 2. The van der Waals surface area contributed by atoms with Crippen LogP contribution in [0.4, 0.5) is 15.6 Å². The summed E-state index contributed by atoms with van der Waals surface area (Å²) >= 11 is 1.31. The Morgan fingerprint density at radius 3 is 2.64 bits per heavy atom. The number of rotatable bonds is 5. The van der Waals surface area contributed by atoms with Gasteiger partial charge in [-0.05, 0) is 36.4 Å². The Kier molecular flexibility index (Phi) is 4.86. The Balaban J connectivity index is 1.47. The van der Waals surface area contributed by atoms with E-state index in [1.54, 1.807) is 38.5 Å². The SMILES string of the molecule is COc1ccc(NC(=O)Nc2nc(-c3cc4cccc(OC)c4o3)cs2)cc1. The zero-order valence-corrected chi connectivity index (χ0v) is 16.0. The summed E-state index contributed by atoms with van der Waals surface area (Å²) in [7, 11) is 3.19. The molecule has 0 spiro atoms. The smallest absolute Gasteiger partial charge is 0.325 e. The van der Waals surface area contributed by atoms with Crippen LogP contribution in [0.5, 0.6) is 11.5 Å². The van der Waals surface area contributed by atoms with Crippen LogP contribution in [0.3, 0.4) is 0 Å². The van der Waals surface area contributed by atoms with E-state index in [1.807, 2.05) is 29.6 Å². The summed E-state index contributed by atoms with van der Waals surface area (Å²) in [4.78, 5) is 16.6. The topological polar surface area (TPSA) is 85.6 Å². The van der Waals surface area contributed by atoms with Crippen molar-refractivity contribution in [2.24, 2.45) is 0 Å². The number of ether oxygens (including phenoxy) is 2. The molecule has 0 saturated carbocycles. The van der Waals surface area contributed by atoms with Crippen molar-refractivity contribution in [1.82, 2.24) is 4.98 Å². The molecule has 0 aliphatic rings. The Morgan fingerprint density at radius 1 is 1.07 bits per heavy atom. The largest absolute Gasteiger partial charge is 0.497 e. The van der Waals surface area contributed by atoms with E-state index < -0.39 is 0 Å². The number of para-hydroxylation sites is 1. The van der Waals surface area contributed by atoms with Gasteiger partial charge in [0.2, 0.25) is 0 Å². The molecule has 4 rings (SSSR count). The van der Waals surface area contributed by atoms with Crippen LogP contribution in [-0.2, 0) is 0 Å². The minimum absolute atomic E-state index is 0.377. The molecule has 0 fully saturated rings. The minimum atomic E-state index is -0.377. The van der Waals surface area contributed by atoms with Gasteiger partial charge in [-0.3, -0.25) is 5.32 Å². The first kappa shape index (κ1) is 17.9. The summed E-state index contributed by atoms with van der Waals surface area (Å²) in [5, 5.41) is 8.69. The van der Waals surface area contributed by atoms with Gasteiger partial charge in [0.25, 0.3) is 0 Å². The van der Waals surface area contributed by atoms with Crippen LogP contribution in [-0.4, -0.2) is 25.2 Å². The van der Waals surface area contributed by atoms with Gasteiger partial charge in [-0.1, -0.05) is 12.1 Å². The molecular formula is C20H17N3O4S. The summed E-state index contributed by atoms with van der Waals surface area (Å²) in [5.74, 6) is 1.99. The predicted molar refractivity (Wildman–Crippen MR) is 110 cm³/mol. The number of furan rings is 1. The average Bonchev–Trinajstić information content (AvgIpc) is 3.34. The van der Waals surface area contributed by atoms with E-state index in [2.05, 4.69) is 15.6 Å². The van der Waals surface area contributed by atoms with Gasteiger partial charge in [0.15, 0.2) is 22.2 Å². The van der Waals surface area contributed by atoms with E-state index in [4.69, 9.17) is 13.9 Å². The normalized spacial score (nSPS) is 10.6. The zero-order chi connectivity index (χ0) is 19.5. The third-order valence-electron chi connectivity index (χ3n) is 4.05. The molecular weight excluding hydrogens is 378 g/mol. The number of carbonyl (C=O) groups is 1. The molecule has 142 valence electrons. The van der Waals surface area contributed by atoms with Crippen molar-refractivity contribution in [3.63, 3.8) is 0 Å². The summed E-state index contributed by atoms with van der Waals surface area (Å²) < 4.78 is 16.3. The van der Waals surface area contributed by atoms with Gasteiger partial charge < -0.3 is 19.2 Å². The first-order chi connectivity index (χ1) is 13.7. The summed E-state index contributed by atoms with van der Waals surface area (Å²) in [5.41, 5.74) is 1.96. The molecule has 2 amide bonds. The molecule has 2 aromatic carbocycles. The Hall–Kier alpha value is -3.52. The van der Waals surface area contributed by atoms with Gasteiger partial charge in [0.05, 0.1) is 14.2 Å². The van der Waals surface area contributed by atoms with Gasteiger partial charge in [-0.25, -0.2) is 9.78 Å². The van der Waals surface area contributed by atoms with Gasteiger partial charge in [0.1, 0.15) is 11.4 Å². The second-order valence-corrected chi connectivity index (χ2v) is 6.69. The third-order valence-corrected chi connectivity index (χ3v) is 4.81. The molecule has 0 saturated heterocycles. The van der Waals surface area contributed by atoms with Crippen LogP contribution in [0.15, 0.2) is 58.3 Å². The lowest BCUT2D eigenvalue weighted by atomic mass is 10.2. The molecule has 4 aromatic rings. The molecule has 0 atom stereocenters. The number of nitrogens with zero attached hydrogens (tertiary/aromatic N) is 1. The lowest BCUT2D eigenvalue weighted by Crippen LogP contribution is -2.19. The number of nitrogens with one attached hydrogen (secondary N) is 2. The van der Waals surface area contributed by atoms with Crippen molar-refractivity contribution in [2.45, 2.75) is 0 Å². The van der Waals surface area contributed by atoms with Crippen molar-refractivity contribution in [2.75, 3.05) is 24.9 Å². The number of hydrogen-bond acceptors (Lipinski definition) is 6. The molecule has 0 aliphatic heterocycles. The molecule has 0 aliphatic carbocycles. The van der Waals surface area contributed by atoms with E-state index in [0.29, 0.717) is 33.6 Å². The third kappa shape index (κ3) is 3.63. The maximum Gasteiger partial charge on any atom is 0.325 e. The van der Waals surface area contributed by atoms with Gasteiger partial charge in [-0.2, -0.15) is 0 Å². The summed E-state index contributed by atoms with van der Waals surface area (Å²) in [6.45, 7) is 0. The molecule has 28 heavy (non-hydrogen) atoms. The van der Waals surface area contributed by atoms with E-state index in [1.165, 1.54) is 11.3 Å². The zero-order valence-electron chi connectivity index (χ0n) is 15.2. The van der Waals surface area contributed by atoms with Gasteiger partial charge in [-0.15, -0.1) is 11.3 Å². The first-order valence-electron chi connectivity index (χ1n) is 8.41. The standard InChI is InChI=1S/C20H17N3O4S/c1-25-14-8-6-13(7-9-14)21-19(24)23-20-22-15(11-28-20)17-10-12-4-3-5-16(26-2)18(12)27-17/h3-11H,1-2H3,(H2,21,22,23,24). The maximum absolute atomic E-state index is 12.2. The molecule has 2 N–H and O–H groups in total. The van der Waals surface area contributed by atoms with Crippen molar-refractivity contribution < 1.29 is 18.7 Å². The maximum atomic E-state index is 12.2. The van der Waals surface area contributed by atoms with E-state index in [0.717, 1.165) is 11.1 Å². The lowest BCUT2D eigenvalue weighted by molar-refractivity contribution is 0.262. The Labute approximate surface area is 164 Å². The number of thiazole rings is 1. The van der Waals surface area contributed by atoms with Crippen LogP contribution in [0.2, 0.25) is 0 Å². The molecule has 0 bridgehead atoms. The number of aromatic nitrogens is 1. The highest BCUT2D eigenvalue weighted by Gasteiger charge is 2.14. The first-order valence-corrected chi connectivity index (χ1v) is 9.29. The van der Waals surface area contributed by atoms with Crippen LogP contribution >= 0.6 is 11.3 Å². The second kappa shape index (κ2) is 7.61. The van der Waals surface area contributed by atoms with Crippen LogP contribution in [0, 0.1) is 0 Å². The number of fused-ring (bicyclic) bond motifs is 1. The quantitative estimate of drug-likeness (QED) is 0.484. The van der Waals surface area contributed by atoms with Gasteiger partial charge >= 0.3 is 6.03 Å². The minimum Gasteiger partial charge on any atom is -0.497 e.